The third-order valence-electron chi connectivity index (χ3n) is 4.77. The average Bonchev–Trinajstić information content (AvgIpc) is 2.70. The van der Waals surface area contributed by atoms with E-state index in [4.69, 9.17) is 9.47 Å². The van der Waals surface area contributed by atoms with Crippen molar-refractivity contribution in [2.75, 3.05) is 32.8 Å². The molecule has 2 atom stereocenters. The first-order valence-corrected chi connectivity index (χ1v) is 9.44. The van der Waals surface area contributed by atoms with Gasteiger partial charge in [-0.15, -0.1) is 0 Å². The Morgan fingerprint density at radius 2 is 2.04 bits per heavy atom. The summed E-state index contributed by atoms with van der Waals surface area (Å²) in [4.78, 5) is 27.3. The monoisotopic (exact) mass is 362 g/mol. The van der Waals surface area contributed by atoms with E-state index in [1.165, 1.54) is 0 Å². The molecule has 6 heteroatoms. The highest BCUT2D eigenvalue weighted by atomic mass is 16.6. The molecule has 26 heavy (non-hydrogen) atoms. The summed E-state index contributed by atoms with van der Waals surface area (Å²) in [5.41, 5.74) is 0.978. The third-order valence-corrected chi connectivity index (χ3v) is 4.77. The summed E-state index contributed by atoms with van der Waals surface area (Å²) in [7, 11) is 0. The summed E-state index contributed by atoms with van der Waals surface area (Å²) in [5, 5.41) is 0. The second-order valence-corrected chi connectivity index (χ2v) is 6.58. The predicted molar refractivity (Wildman–Crippen MR) is 99.6 cm³/mol. The van der Waals surface area contributed by atoms with Gasteiger partial charge in [-0.1, -0.05) is 44.2 Å². The highest BCUT2D eigenvalue weighted by molar-refractivity contribution is 5.67. The van der Waals surface area contributed by atoms with Crippen molar-refractivity contribution in [2.45, 2.75) is 39.5 Å². The zero-order valence-electron chi connectivity index (χ0n) is 15.8. The highest BCUT2D eigenvalue weighted by Crippen LogP contribution is 2.19. The molecule has 0 bridgehead atoms. The van der Waals surface area contributed by atoms with Crippen molar-refractivity contribution in [3.8, 4) is 0 Å². The van der Waals surface area contributed by atoms with E-state index in [9.17, 15) is 9.59 Å². The van der Waals surface area contributed by atoms with Gasteiger partial charge in [0.2, 0.25) is 0 Å². The van der Waals surface area contributed by atoms with Crippen LogP contribution in [0.25, 0.3) is 0 Å². The van der Waals surface area contributed by atoms with Gasteiger partial charge >= 0.3 is 6.09 Å². The fourth-order valence-corrected chi connectivity index (χ4v) is 3.23. The van der Waals surface area contributed by atoms with Crippen LogP contribution in [0.1, 0.15) is 32.3 Å². The minimum atomic E-state index is -0.509. The van der Waals surface area contributed by atoms with Gasteiger partial charge in [0.15, 0.2) is 12.5 Å². The molecule has 0 spiro atoms. The Morgan fingerprint density at radius 3 is 2.69 bits per heavy atom. The zero-order chi connectivity index (χ0) is 18.8. The van der Waals surface area contributed by atoms with Crippen molar-refractivity contribution < 1.29 is 19.1 Å². The Hall–Kier alpha value is -1.92. The molecule has 0 aromatic heterocycles. The molecule has 0 saturated carbocycles. The number of piperidine rings is 1. The summed E-state index contributed by atoms with van der Waals surface area (Å²) in [6.07, 6.45) is 1.97. The van der Waals surface area contributed by atoms with Crippen molar-refractivity contribution in [2.24, 2.45) is 5.92 Å². The van der Waals surface area contributed by atoms with Gasteiger partial charge in [0.25, 0.3) is 0 Å². The zero-order valence-corrected chi connectivity index (χ0v) is 15.8. The molecule has 0 radical (unpaired) electrons. The molecule has 1 aliphatic rings. The van der Waals surface area contributed by atoms with Crippen molar-refractivity contribution in [3.63, 3.8) is 0 Å². The molecule has 0 N–H and O–H groups in total. The SMILES string of the molecule is CCN(CC)C(C=O)OCC1CCCN(C(=O)OCc2ccccc2)C1. The number of carbonyl (C=O) groups excluding carboxylic acids is 2. The van der Waals surface area contributed by atoms with Crippen molar-refractivity contribution >= 4 is 12.4 Å². The predicted octanol–water partition coefficient (Wildman–Crippen LogP) is 2.92. The largest absolute Gasteiger partial charge is 0.445 e. The lowest BCUT2D eigenvalue weighted by atomic mass is 9.99. The second kappa shape index (κ2) is 10.9. The molecule has 1 heterocycles. The first kappa shape index (κ1) is 20.4. The van der Waals surface area contributed by atoms with Gasteiger partial charge < -0.3 is 14.4 Å². The Labute approximate surface area is 156 Å². The lowest BCUT2D eigenvalue weighted by Gasteiger charge is -2.33. The number of hydrogen-bond acceptors (Lipinski definition) is 5. The Morgan fingerprint density at radius 1 is 1.31 bits per heavy atom. The number of ether oxygens (including phenoxy) is 2. The van der Waals surface area contributed by atoms with Gasteiger partial charge in [0.05, 0.1) is 6.61 Å². The van der Waals surface area contributed by atoms with Crippen LogP contribution in [0.2, 0.25) is 0 Å². The number of likely N-dealkylation sites (N-methyl/N-ethyl adjacent to an activating group) is 1. The number of carbonyl (C=O) groups is 2. The van der Waals surface area contributed by atoms with Crippen LogP contribution < -0.4 is 0 Å². The second-order valence-electron chi connectivity index (χ2n) is 6.58. The van der Waals surface area contributed by atoms with Crippen LogP contribution in [-0.2, 0) is 20.9 Å². The van der Waals surface area contributed by atoms with Crippen LogP contribution in [0, 0.1) is 5.92 Å². The van der Waals surface area contributed by atoms with E-state index < -0.39 is 6.23 Å². The Balaban J connectivity index is 1.78. The average molecular weight is 362 g/mol. The number of benzene rings is 1. The van der Waals surface area contributed by atoms with Crippen LogP contribution in [0.3, 0.4) is 0 Å². The van der Waals surface area contributed by atoms with Crippen LogP contribution >= 0.6 is 0 Å². The number of amides is 1. The molecule has 1 saturated heterocycles. The number of hydrogen-bond donors (Lipinski definition) is 0. The van der Waals surface area contributed by atoms with Gasteiger partial charge in [-0.3, -0.25) is 9.69 Å². The number of aldehydes is 1. The van der Waals surface area contributed by atoms with Crippen molar-refractivity contribution in [1.29, 1.82) is 0 Å². The standard InChI is InChI=1S/C20H30N2O4/c1-3-21(4-2)19(14-23)25-16-18-11-8-12-22(13-18)20(24)26-15-17-9-6-5-7-10-17/h5-7,9-10,14,18-19H,3-4,8,11-13,15-16H2,1-2H3. The topological polar surface area (TPSA) is 59.1 Å². The first-order valence-electron chi connectivity index (χ1n) is 9.44. The minimum Gasteiger partial charge on any atom is -0.445 e. The van der Waals surface area contributed by atoms with Crippen LogP contribution in [0.5, 0.6) is 0 Å². The van der Waals surface area contributed by atoms with Gasteiger partial charge in [0.1, 0.15) is 6.61 Å². The molecule has 1 aromatic rings. The molecule has 0 aliphatic carbocycles. The van der Waals surface area contributed by atoms with E-state index in [-0.39, 0.29) is 18.6 Å². The fraction of sp³-hybridized carbons (Fsp3) is 0.600. The maximum Gasteiger partial charge on any atom is 0.410 e. The lowest BCUT2D eigenvalue weighted by molar-refractivity contribution is -0.133. The van der Waals surface area contributed by atoms with E-state index >= 15 is 0 Å². The van der Waals surface area contributed by atoms with E-state index in [1.54, 1.807) is 4.90 Å². The molecule has 1 aromatic carbocycles. The van der Waals surface area contributed by atoms with E-state index in [0.29, 0.717) is 19.7 Å². The molecule has 1 amide bonds. The number of rotatable bonds is 9. The van der Waals surface area contributed by atoms with E-state index in [2.05, 4.69) is 0 Å². The Kier molecular flexibility index (Phi) is 8.58. The summed E-state index contributed by atoms with van der Waals surface area (Å²) >= 11 is 0. The molecular formula is C20H30N2O4. The van der Waals surface area contributed by atoms with Crippen molar-refractivity contribution in [1.82, 2.24) is 9.80 Å². The van der Waals surface area contributed by atoms with Gasteiger partial charge in [-0.2, -0.15) is 0 Å². The Bertz CT molecular complexity index is 548. The smallest absolute Gasteiger partial charge is 0.410 e. The van der Waals surface area contributed by atoms with Crippen LogP contribution in [0.4, 0.5) is 4.79 Å². The van der Waals surface area contributed by atoms with Gasteiger partial charge in [0, 0.05) is 19.0 Å². The molecule has 2 unspecified atom stereocenters. The highest BCUT2D eigenvalue weighted by Gasteiger charge is 2.26. The van der Waals surface area contributed by atoms with E-state index in [0.717, 1.165) is 37.8 Å². The maximum absolute atomic E-state index is 12.3. The van der Waals surface area contributed by atoms with Gasteiger partial charge in [-0.05, 0) is 31.5 Å². The van der Waals surface area contributed by atoms with Crippen LogP contribution in [-0.4, -0.2) is 61.2 Å². The normalized spacial score (nSPS) is 18.6. The molecule has 144 valence electrons. The minimum absolute atomic E-state index is 0.228. The fourth-order valence-electron chi connectivity index (χ4n) is 3.23. The molecule has 6 nitrogen and oxygen atoms in total. The number of nitrogens with zero attached hydrogens (tertiary/aromatic N) is 2. The summed E-state index contributed by atoms with van der Waals surface area (Å²) in [5.74, 6) is 0.228. The van der Waals surface area contributed by atoms with Crippen LogP contribution in [0.15, 0.2) is 30.3 Å². The van der Waals surface area contributed by atoms with Gasteiger partial charge in [-0.25, -0.2) is 4.79 Å². The lowest BCUT2D eigenvalue weighted by Crippen LogP contribution is -2.44. The molecule has 1 fully saturated rings. The number of likely N-dealkylation sites (tertiary alicyclic amines) is 1. The maximum atomic E-state index is 12.3. The molecule has 1 aliphatic heterocycles. The van der Waals surface area contributed by atoms with E-state index in [1.807, 2.05) is 49.1 Å². The summed E-state index contributed by atoms with van der Waals surface area (Å²) in [6.45, 7) is 7.62. The molecule has 2 rings (SSSR count). The van der Waals surface area contributed by atoms with Crippen molar-refractivity contribution in [3.05, 3.63) is 35.9 Å². The summed E-state index contributed by atoms with van der Waals surface area (Å²) in [6, 6.07) is 9.67. The molecular weight excluding hydrogens is 332 g/mol. The quantitative estimate of drug-likeness (QED) is 0.499. The first-order chi connectivity index (χ1) is 12.7. The summed E-state index contributed by atoms with van der Waals surface area (Å²) < 4.78 is 11.2. The third kappa shape index (κ3) is 6.11.